The molecule has 1 aliphatic carbocycles. The van der Waals surface area contributed by atoms with Gasteiger partial charge in [-0.05, 0) is 67.3 Å². The van der Waals surface area contributed by atoms with Gasteiger partial charge in [0.15, 0.2) is 5.58 Å². The number of rotatable bonds is 6. The SMILES string of the molecule is O=C(O)CC1CCC(c2ccc(-c3ccc(Nc4nc5ccccc5o4)cn3)cc2)CC1.[H-].[Na+]. The Hall–Kier alpha value is -2.67. The van der Waals surface area contributed by atoms with E-state index in [0.29, 0.717) is 24.3 Å². The average Bonchev–Trinajstić information content (AvgIpc) is 3.22. The van der Waals surface area contributed by atoms with Crippen LogP contribution < -0.4 is 34.9 Å². The molecular weight excluding hydrogens is 425 g/mol. The minimum absolute atomic E-state index is 0. The second-order valence-corrected chi connectivity index (χ2v) is 8.48. The number of aromatic nitrogens is 2. The van der Waals surface area contributed by atoms with Crippen molar-refractivity contribution in [3.05, 3.63) is 72.4 Å². The van der Waals surface area contributed by atoms with E-state index in [1.807, 2.05) is 36.4 Å². The smallest absolute Gasteiger partial charge is 1.00 e. The quantitative estimate of drug-likeness (QED) is 0.437. The molecule has 0 bridgehead atoms. The number of fused-ring (bicyclic) bond motifs is 1. The fourth-order valence-corrected chi connectivity index (χ4v) is 4.56. The van der Waals surface area contributed by atoms with Crippen LogP contribution in [0.1, 0.15) is 45.0 Å². The molecule has 0 aliphatic heterocycles. The molecule has 1 fully saturated rings. The van der Waals surface area contributed by atoms with Gasteiger partial charge in [0, 0.05) is 12.0 Å². The van der Waals surface area contributed by atoms with Crippen molar-refractivity contribution in [3.63, 3.8) is 0 Å². The van der Waals surface area contributed by atoms with E-state index < -0.39 is 5.97 Å². The van der Waals surface area contributed by atoms with Crippen molar-refractivity contribution in [2.45, 2.75) is 38.0 Å². The topological polar surface area (TPSA) is 88.2 Å². The van der Waals surface area contributed by atoms with Crippen LogP contribution in [0, 0.1) is 5.92 Å². The second-order valence-electron chi connectivity index (χ2n) is 8.48. The number of carboxylic acids is 1. The zero-order valence-electron chi connectivity index (χ0n) is 19.7. The van der Waals surface area contributed by atoms with Crippen molar-refractivity contribution in [1.29, 1.82) is 0 Å². The number of aliphatic carboxylic acids is 1. The molecule has 0 atom stereocenters. The summed E-state index contributed by atoms with van der Waals surface area (Å²) in [6, 6.07) is 20.7. The number of carboxylic acid groups (broad SMARTS) is 1. The zero-order valence-corrected chi connectivity index (χ0v) is 20.7. The van der Waals surface area contributed by atoms with Crippen molar-refractivity contribution in [1.82, 2.24) is 9.97 Å². The minimum Gasteiger partial charge on any atom is -1.00 e. The Labute approximate surface area is 216 Å². The monoisotopic (exact) mass is 451 g/mol. The Balaban J connectivity index is 0.00000162. The van der Waals surface area contributed by atoms with Crippen LogP contribution >= 0.6 is 0 Å². The molecule has 2 heterocycles. The first-order chi connectivity index (χ1) is 15.6. The first-order valence-electron chi connectivity index (χ1n) is 11.0. The molecule has 2 N–H and O–H groups in total. The van der Waals surface area contributed by atoms with Crippen LogP contribution in [-0.4, -0.2) is 21.0 Å². The summed E-state index contributed by atoms with van der Waals surface area (Å²) in [6.07, 6.45) is 6.19. The van der Waals surface area contributed by atoms with Crippen molar-refractivity contribution in [3.8, 4) is 11.3 Å². The van der Waals surface area contributed by atoms with Gasteiger partial charge >= 0.3 is 35.5 Å². The largest absolute Gasteiger partial charge is 1.00 e. The maximum absolute atomic E-state index is 10.9. The normalized spacial score (nSPS) is 17.9. The molecule has 0 radical (unpaired) electrons. The standard InChI is InChI=1S/C26H25N3O3.Na.H/c30-25(31)15-17-5-7-18(8-6-17)19-9-11-20(12-10-19)22-14-13-21(16-27-22)28-26-29-23-3-1-2-4-24(23)32-26;;/h1-4,9-14,16-18H,5-8,15H2,(H,28,29)(H,30,31);;/q;+1;-1. The number of pyridine rings is 1. The van der Waals surface area contributed by atoms with Crippen molar-refractivity contribution in [2.24, 2.45) is 5.92 Å². The summed E-state index contributed by atoms with van der Waals surface area (Å²) in [6.45, 7) is 0. The third-order valence-electron chi connectivity index (χ3n) is 6.30. The van der Waals surface area contributed by atoms with E-state index in [9.17, 15) is 4.79 Å². The zero-order chi connectivity index (χ0) is 21.9. The van der Waals surface area contributed by atoms with Gasteiger partial charge in [-0.1, -0.05) is 36.4 Å². The Morgan fingerprint density at radius 1 is 1.03 bits per heavy atom. The van der Waals surface area contributed by atoms with E-state index in [1.54, 1.807) is 6.20 Å². The number of oxazole rings is 1. The molecule has 164 valence electrons. The molecule has 2 aromatic heterocycles. The van der Waals surface area contributed by atoms with E-state index in [2.05, 4.69) is 39.6 Å². The summed E-state index contributed by atoms with van der Waals surface area (Å²) in [5.41, 5.74) is 5.68. The van der Waals surface area contributed by atoms with Gasteiger partial charge in [-0.25, -0.2) is 0 Å². The second kappa shape index (κ2) is 10.5. The van der Waals surface area contributed by atoms with Crippen molar-refractivity contribution in [2.75, 3.05) is 5.32 Å². The van der Waals surface area contributed by atoms with Crippen LogP contribution in [0.25, 0.3) is 22.4 Å². The van der Waals surface area contributed by atoms with Crippen LogP contribution in [0.15, 0.2) is 71.3 Å². The van der Waals surface area contributed by atoms with Gasteiger partial charge in [0.05, 0.1) is 17.6 Å². The number of anilines is 2. The summed E-state index contributed by atoms with van der Waals surface area (Å²) in [5.74, 6) is 0.166. The summed E-state index contributed by atoms with van der Waals surface area (Å²) in [4.78, 5) is 19.9. The average molecular weight is 452 g/mol. The maximum Gasteiger partial charge on any atom is 1.00 e. The van der Waals surface area contributed by atoms with Crippen molar-refractivity contribution >= 4 is 28.8 Å². The van der Waals surface area contributed by atoms with Gasteiger partial charge in [0.2, 0.25) is 0 Å². The molecule has 2 aromatic carbocycles. The van der Waals surface area contributed by atoms with E-state index >= 15 is 0 Å². The molecule has 6 nitrogen and oxygen atoms in total. The van der Waals surface area contributed by atoms with Crippen LogP contribution in [0.3, 0.4) is 0 Å². The van der Waals surface area contributed by atoms with E-state index in [-0.39, 0.29) is 31.0 Å². The van der Waals surface area contributed by atoms with E-state index in [0.717, 1.165) is 53.7 Å². The van der Waals surface area contributed by atoms with Crippen LogP contribution in [-0.2, 0) is 4.79 Å². The Morgan fingerprint density at radius 2 is 1.79 bits per heavy atom. The Kier molecular flexibility index (Phi) is 7.48. The molecule has 0 unspecified atom stereocenters. The van der Waals surface area contributed by atoms with Crippen LogP contribution in [0.2, 0.25) is 0 Å². The van der Waals surface area contributed by atoms with Gasteiger partial charge in [0.25, 0.3) is 6.01 Å². The van der Waals surface area contributed by atoms with E-state index in [1.165, 1.54) is 5.56 Å². The van der Waals surface area contributed by atoms with Gasteiger partial charge in [-0.15, -0.1) is 0 Å². The minimum atomic E-state index is -0.680. The number of hydrogen-bond acceptors (Lipinski definition) is 5. The first-order valence-corrected chi connectivity index (χ1v) is 11.0. The molecule has 0 saturated heterocycles. The molecule has 4 aromatic rings. The molecule has 1 saturated carbocycles. The molecule has 0 amide bonds. The van der Waals surface area contributed by atoms with Crippen LogP contribution in [0.4, 0.5) is 11.7 Å². The Morgan fingerprint density at radius 3 is 2.45 bits per heavy atom. The summed E-state index contributed by atoms with van der Waals surface area (Å²) >= 11 is 0. The summed E-state index contributed by atoms with van der Waals surface area (Å²) in [7, 11) is 0. The van der Waals surface area contributed by atoms with Crippen LogP contribution in [0.5, 0.6) is 0 Å². The molecular formula is C26H26N3NaO3. The number of hydrogen-bond donors (Lipinski definition) is 2. The molecule has 33 heavy (non-hydrogen) atoms. The fourth-order valence-electron chi connectivity index (χ4n) is 4.56. The third kappa shape index (κ3) is 5.64. The number of nitrogens with zero attached hydrogens (tertiary/aromatic N) is 2. The number of nitrogens with one attached hydrogen (secondary N) is 1. The fraction of sp³-hybridized carbons (Fsp3) is 0.269. The summed E-state index contributed by atoms with van der Waals surface area (Å²) in [5, 5.41) is 12.2. The van der Waals surface area contributed by atoms with Gasteiger partial charge in [0.1, 0.15) is 5.52 Å². The van der Waals surface area contributed by atoms with E-state index in [4.69, 9.17) is 9.52 Å². The first kappa shape index (κ1) is 23.5. The predicted molar refractivity (Wildman–Crippen MR) is 125 cm³/mol. The van der Waals surface area contributed by atoms with Gasteiger partial charge in [-0.2, -0.15) is 4.98 Å². The number of para-hydroxylation sites is 2. The number of benzene rings is 2. The van der Waals surface area contributed by atoms with Crippen molar-refractivity contribution < 1.29 is 45.3 Å². The molecule has 7 heteroatoms. The molecule has 0 spiro atoms. The Bertz CT molecular complexity index is 1190. The molecule has 1 aliphatic rings. The maximum atomic E-state index is 10.9. The van der Waals surface area contributed by atoms with Gasteiger partial charge in [-0.3, -0.25) is 9.78 Å². The number of carbonyl (C=O) groups is 1. The molecule has 5 rings (SSSR count). The predicted octanol–water partition coefficient (Wildman–Crippen LogP) is 3.50. The summed E-state index contributed by atoms with van der Waals surface area (Å²) < 4.78 is 5.70. The van der Waals surface area contributed by atoms with Gasteiger partial charge < -0.3 is 16.3 Å². The third-order valence-corrected chi connectivity index (χ3v) is 6.30.